The highest BCUT2D eigenvalue weighted by atomic mass is 32.1. The summed E-state index contributed by atoms with van der Waals surface area (Å²) < 4.78 is 0. The third-order valence-electron chi connectivity index (χ3n) is 3.95. The molecular weight excluding hydrogens is 378 g/mol. The minimum absolute atomic E-state index is 0.127. The van der Waals surface area contributed by atoms with Crippen LogP contribution < -0.4 is 10.6 Å². The van der Waals surface area contributed by atoms with Gasteiger partial charge in [0.15, 0.2) is 5.13 Å². The van der Waals surface area contributed by atoms with E-state index in [-0.39, 0.29) is 18.2 Å². The standard InChI is InChI=1S/C20H21N3O2S2/c1-2-3-4-14-5-7-16(8-6-14)21-18(24)11-17-13-27-20(22-17)23-19(25)15-9-10-26-12-15/h5-10,12-13H,2-4,11H2,1H3,(H,21,24)(H,22,23,25). The molecule has 0 bridgehead atoms. The molecule has 0 saturated carbocycles. The van der Waals surface area contributed by atoms with Crippen molar-refractivity contribution >= 4 is 45.3 Å². The molecule has 0 unspecified atom stereocenters. The third-order valence-corrected chi connectivity index (χ3v) is 5.44. The number of carbonyl (C=O) groups is 2. The molecule has 1 aromatic carbocycles. The molecule has 0 radical (unpaired) electrons. The molecule has 0 aliphatic carbocycles. The van der Waals surface area contributed by atoms with Gasteiger partial charge >= 0.3 is 0 Å². The summed E-state index contributed by atoms with van der Waals surface area (Å²) in [6, 6.07) is 9.71. The van der Waals surface area contributed by atoms with Crippen molar-refractivity contribution in [2.45, 2.75) is 32.6 Å². The summed E-state index contributed by atoms with van der Waals surface area (Å²) in [5.41, 5.74) is 3.30. The number of nitrogens with one attached hydrogen (secondary N) is 2. The van der Waals surface area contributed by atoms with E-state index in [2.05, 4.69) is 22.5 Å². The second kappa shape index (κ2) is 9.43. The van der Waals surface area contributed by atoms with Crippen LogP contribution in [0.15, 0.2) is 46.5 Å². The minimum Gasteiger partial charge on any atom is -0.326 e. The van der Waals surface area contributed by atoms with Crippen LogP contribution in [-0.4, -0.2) is 16.8 Å². The first-order chi connectivity index (χ1) is 13.1. The molecule has 3 rings (SSSR count). The van der Waals surface area contributed by atoms with Crippen LogP contribution in [0, 0.1) is 0 Å². The Bertz CT molecular complexity index is 886. The lowest BCUT2D eigenvalue weighted by Crippen LogP contribution is -2.15. The Hall–Kier alpha value is -2.51. The van der Waals surface area contributed by atoms with E-state index in [1.807, 2.05) is 29.6 Å². The monoisotopic (exact) mass is 399 g/mol. The number of amides is 2. The fourth-order valence-corrected chi connectivity index (χ4v) is 3.86. The molecule has 27 heavy (non-hydrogen) atoms. The minimum atomic E-state index is -0.190. The molecule has 0 aliphatic heterocycles. The molecule has 3 aromatic rings. The maximum atomic E-state index is 12.2. The summed E-state index contributed by atoms with van der Waals surface area (Å²) >= 11 is 2.78. The Morgan fingerprint density at radius 3 is 2.59 bits per heavy atom. The van der Waals surface area contributed by atoms with Crippen LogP contribution in [0.3, 0.4) is 0 Å². The number of anilines is 2. The van der Waals surface area contributed by atoms with E-state index >= 15 is 0 Å². The van der Waals surface area contributed by atoms with Gasteiger partial charge in [0, 0.05) is 16.4 Å². The quantitative estimate of drug-likeness (QED) is 0.561. The van der Waals surface area contributed by atoms with Crippen LogP contribution in [0.4, 0.5) is 10.8 Å². The lowest BCUT2D eigenvalue weighted by Gasteiger charge is -2.06. The summed E-state index contributed by atoms with van der Waals surface area (Å²) in [6.45, 7) is 2.17. The van der Waals surface area contributed by atoms with Crippen LogP contribution in [0.5, 0.6) is 0 Å². The number of carbonyl (C=O) groups excluding carboxylic acids is 2. The smallest absolute Gasteiger partial charge is 0.258 e. The van der Waals surface area contributed by atoms with Crippen molar-refractivity contribution in [2.24, 2.45) is 0 Å². The van der Waals surface area contributed by atoms with Gasteiger partial charge in [-0.25, -0.2) is 4.98 Å². The Labute approximate surface area is 166 Å². The average molecular weight is 400 g/mol. The van der Waals surface area contributed by atoms with E-state index in [1.54, 1.807) is 16.8 Å². The van der Waals surface area contributed by atoms with Crippen LogP contribution in [0.2, 0.25) is 0 Å². The molecule has 2 aromatic heterocycles. The van der Waals surface area contributed by atoms with E-state index in [0.29, 0.717) is 16.4 Å². The van der Waals surface area contributed by atoms with Gasteiger partial charge in [0.1, 0.15) is 0 Å². The number of hydrogen-bond acceptors (Lipinski definition) is 5. The van der Waals surface area contributed by atoms with Crippen LogP contribution in [0.25, 0.3) is 0 Å². The van der Waals surface area contributed by atoms with Gasteiger partial charge in [-0.3, -0.25) is 14.9 Å². The molecule has 2 N–H and O–H groups in total. The van der Waals surface area contributed by atoms with Crippen molar-refractivity contribution in [3.63, 3.8) is 0 Å². The van der Waals surface area contributed by atoms with Crippen molar-refractivity contribution in [3.8, 4) is 0 Å². The number of unbranched alkanes of at least 4 members (excludes halogenated alkanes) is 1. The Balaban J connectivity index is 1.51. The summed E-state index contributed by atoms with van der Waals surface area (Å²) in [6.07, 6.45) is 3.56. The van der Waals surface area contributed by atoms with E-state index in [4.69, 9.17) is 0 Å². The zero-order valence-electron chi connectivity index (χ0n) is 15.0. The maximum absolute atomic E-state index is 12.2. The molecule has 0 atom stereocenters. The number of thiophene rings is 1. The number of aromatic nitrogens is 1. The topological polar surface area (TPSA) is 71.1 Å². The SMILES string of the molecule is CCCCc1ccc(NC(=O)Cc2csc(NC(=O)c3ccsc3)n2)cc1. The maximum Gasteiger partial charge on any atom is 0.258 e. The number of nitrogens with zero attached hydrogens (tertiary/aromatic N) is 1. The van der Waals surface area contributed by atoms with Gasteiger partial charge in [0.2, 0.25) is 5.91 Å². The van der Waals surface area contributed by atoms with Crippen molar-refractivity contribution in [2.75, 3.05) is 10.6 Å². The number of hydrogen-bond donors (Lipinski definition) is 2. The van der Waals surface area contributed by atoms with Gasteiger partial charge in [-0.1, -0.05) is 25.5 Å². The number of thiazole rings is 1. The number of aryl methyl sites for hydroxylation is 1. The molecule has 0 saturated heterocycles. The van der Waals surface area contributed by atoms with E-state index < -0.39 is 0 Å². The van der Waals surface area contributed by atoms with Crippen molar-refractivity contribution in [3.05, 3.63) is 63.3 Å². The third kappa shape index (κ3) is 5.74. The molecular formula is C20H21N3O2S2. The molecule has 0 spiro atoms. The van der Waals surface area contributed by atoms with Crippen molar-refractivity contribution in [1.82, 2.24) is 4.98 Å². The first-order valence-electron chi connectivity index (χ1n) is 8.81. The zero-order chi connectivity index (χ0) is 19.1. The second-order valence-electron chi connectivity index (χ2n) is 6.14. The van der Waals surface area contributed by atoms with E-state index in [0.717, 1.165) is 12.1 Å². The van der Waals surface area contributed by atoms with Gasteiger partial charge in [0.25, 0.3) is 5.91 Å². The van der Waals surface area contributed by atoms with Gasteiger partial charge in [-0.05, 0) is 42.0 Å². The van der Waals surface area contributed by atoms with E-state index in [9.17, 15) is 9.59 Å². The lowest BCUT2D eigenvalue weighted by atomic mass is 10.1. The Morgan fingerprint density at radius 2 is 1.89 bits per heavy atom. The predicted octanol–water partition coefficient (Wildman–Crippen LogP) is 4.98. The summed E-state index contributed by atoms with van der Waals surface area (Å²) in [5.74, 6) is -0.318. The second-order valence-corrected chi connectivity index (χ2v) is 7.77. The normalized spacial score (nSPS) is 10.6. The highest BCUT2D eigenvalue weighted by Crippen LogP contribution is 2.18. The van der Waals surface area contributed by atoms with Crippen LogP contribution in [-0.2, 0) is 17.6 Å². The summed E-state index contributed by atoms with van der Waals surface area (Å²) in [4.78, 5) is 28.6. The Morgan fingerprint density at radius 1 is 1.07 bits per heavy atom. The predicted molar refractivity (Wildman–Crippen MR) is 112 cm³/mol. The zero-order valence-corrected chi connectivity index (χ0v) is 16.7. The van der Waals surface area contributed by atoms with Crippen molar-refractivity contribution in [1.29, 1.82) is 0 Å². The van der Waals surface area contributed by atoms with Crippen LogP contribution >= 0.6 is 22.7 Å². The van der Waals surface area contributed by atoms with Crippen LogP contribution in [0.1, 0.15) is 41.4 Å². The molecule has 2 heterocycles. The summed E-state index contributed by atoms with van der Waals surface area (Å²) in [7, 11) is 0. The fourth-order valence-electron chi connectivity index (χ4n) is 2.51. The highest BCUT2D eigenvalue weighted by molar-refractivity contribution is 7.14. The van der Waals surface area contributed by atoms with Gasteiger partial charge in [0.05, 0.1) is 17.7 Å². The molecule has 140 valence electrons. The Kier molecular flexibility index (Phi) is 6.73. The summed E-state index contributed by atoms with van der Waals surface area (Å²) in [5, 5.41) is 11.6. The first-order valence-corrected chi connectivity index (χ1v) is 10.6. The van der Waals surface area contributed by atoms with Crippen molar-refractivity contribution < 1.29 is 9.59 Å². The average Bonchev–Trinajstić information content (AvgIpc) is 3.33. The highest BCUT2D eigenvalue weighted by Gasteiger charge is 2.11. The van der Waals surface area contributed by atoms with E-state index in [1.165, 1.54) is 41.1 Å². The molecule has 7 heteroatoms. The van der Waals surface area contributed by atoms with Gasteiger partial charge in [-0.2, -0.15) is 11.3 Å². The van der Waals surface area contributed by atoms with Gasteiger partial charge in [-0.15, -0.1) is 11.3 Å². The number of rotatable bonds is 8. The van der Waals surface area contributed by atoms with Gasteiger partial charge < -0.3 is 5.32 Å². The molecule has 0 aliphatic rings. The number of benzene rings is 1. The lowest BCUT2D eigenvalue weighted by molar-refractivity contribution is -0.115. The fraction of sp³-hybridized carbons (Fsp3) is 0.250. The largest absolute Gasteiger partial charge is 0.326 e. The molecule has 5 nitrogen and oxygen atoms in total. The molecule has 2 amide bonds. The molecule has 0 fully saturated rings. The first kappa shape index (κ1) is 19.3.